The van der Waals surface area contributed by atoms with E-state index in [2.05, 4.69) is 0 Å². The number of morpholine rings is 1. The van der Waals surface area contributed by atoms with Crippen LogP contribution in [-0.2, 0) is 14.8 Å². The summed E-state index contributed by atoms with van der Waals surface area (Å²) < 4.78 is 33.7. The molecule has 2 atom stereocenters. The molecule has 23 heavy (non-hydrogen) atoms. The highest BCUT2D eigenvalue weighted by molar-refractivity contribution is 7.89. The van der Waals surface area contributed by atoms with Gasteiger partial charge in [0, 0.05) is 12.1 Å². The van der Waals surface area contributed by atoms with Gasteiger partial charge in [0.2, 0.25) is 15.9 Å². The van der Waals surface area contributed by atoms with Gasteiger partial charge in [0.1, 0.15) is 0 Å². The van der Waals surface area contributed by atoms with Gasteiger partial charge in [-0.15, -0.1) is 0 Å². The Bertz CT molecular complexity index is 712. The van der Waals surface area contributed by atoms with Gasteiger partial charge in [-0.2, -0.15) is 4.31 Å². The van der Waals surface area contributed by atoms with Gasteiger partial charge in [0.15, 0.2) is 0 Å². The molecule has 2 aliphatic rings. The van der Waals surface area contributed by atoms with Crippen molar-refractivity contribution < 1.29 is 17.9 Å². The summed E-state index contributed by atoms with van der Waals surface area (Å²) in [6, 6.07) is 5.69. The summed E-state index contributed by atoms with van der Waals surface area (Å²) >= 11 is 0. The molecule has 1 saturated carbocycles. The maximum absolute atomic E-state index is 13.1. The average Bonchev–Trinajstić information content (AvgIpc) is 2.93. The summed E-state index contributed by atoms with van der Waals surface area (Å²) in [5.41, 5.74) is 4.99. The topological polar surface area (TPSA) is 89.7 Å². The Hall–Kier alpha value is -1.44. The number of nitrogens with zero attached hydrogens (tertiary/aromatic N) is 1. The lowest BCUT2D eigenvalue weighted by molar-refractivity contribution is -0.132. The van der Waals surface area contributed by atoms with Crippen LogP contribution in [-0.4, -0.2) is 42.9 Å². The zero-order chi connectivity index (χ0) is 16.8. The number of fused-ring (bicyclic) bond motifs is 1. The Morgan fingerprint density at radius 1 is 1.26 bits per heavy atom. The Labute approximate surface area is 136 Å². The molecule has 1 aromatic rings. The fourth-order valence-electron chi connectivity index (χ4n) is 3.50. The molecule has 1 saturated heterocycles. The molecule has 1 aliphatic carbocycles. The summed E-state index contributed by atoms with van der Waals surface area (Å²) in [4.78, 5) is 11.3. The lowest BCUT2D eigenvalue weighted by Gasteiger charge is -2.45. The van der Waals surface area contributed by atoms with Crippen molar-refractivity contribution in [3.8, 4) is 0 Å². The minimum atomic E-state index is -3.63. The van der Waals surface area contributed by atoms with Crippen molar-refractivity contribution in [2.45, 2.75) is 55.8 Å². The molecule has 126 valence electrons. The third-order valence-corrected chi connectivity index (χ3v) is 6.43. The van der Waals surface area contributed by atoms with Gasteiger partial charge in [-0.05, 0) is 57.4 Å². The number of sulfonamides is 1. The van der Waals surface area contributed by atoms with Crippen LogP contribution in [0.25, 0.3) is 0 Å². The highest BCUT2D eigenvalue weighted by Gasteiger charge is 2.48. The zero-order valence-corrected chi connectivity index (χ0v) is 14.2. The van der Waals surface area contributed by atoms with E-state index in [0.29, 0.717) is 12.1 Å². The standard InChI is InChI=1S/C16H22N2O4S/c1-16(2)10-18(13-4-3-5-14(13)22-16)23(20,21)12-8-6-11(7-9-12)15(17)19/h6-9,13-14H,3-5,10H2,1-2H3,(H2,17,19)/t13-,14-/m1/s1. The first-order chi connectivity index (χ1) is 10.7. The molecule has 0 aromatic heterocycles. The normalized spacial score (nSPS) is 27.6. The molecule has 0 unspecified atom stereocenters. The molecule has 3 rings (SSSR count). The SMILES string of the molecule is CC1(C)CN(S(=O)(=O)c2ccc(C(N)=O)cc2)[C@@H]2CCC[C@H]2O1. The fourth-order valence-corrected chi connectivity index (χ4v) is 5.33. The monoisotopic (exact) mass is 338 g/mol. The fraction of sp³-hybridized carbons (Fsp3) is 0.562. The number of hydrogen-bond donors (Lipinski definition) is 1. The van der Waals surface area contributed by atoms with E-state index in [9.17, 15) is 13.2 Å². The molecule has 0 bridgehead atoms. The molecule has 1 heterocycles. The number of ether oxygens (including phenoxy) is 1. The predicted octanol–water partition coefficient (Wildman–Crippen LogP) is 1.51. The number of nitrogens with two attached hydrogens (primary N) is 1. The number of amides is 1. The van der Waals surface area contributed by atoms with Crippen molar-refractivity contribution in [2.75, 3.05) is 6.54 Å². The lowest BCUT2D eigenvalue weighted by atomic mass is 10.0. The highest BCUT2D eigenvalue weighted by Crippen LogP contribution is 2.38. The van der Waals surface area contributed by atoms with Gasteiger partial charge in [0.25, 0.3) is 0 Å². The quantitative estimate of drug-likeness (QED) is 0.904. The largest absolute Gasteiger partial charge is 0.369 e. The molecule has 1 aromatic carbocycles. The molecule has 7 heteroatoms. The van der Waals surface area contributed by atoms with Crippen molar-refractivity contribution >= 4 is 15.9 Å². The van der Waals surface area contributed by atoms with Crippen LogP contribution in [0.5, 0.6) is 0 Å². The van der Waals surface area contributed by atoms with Crippen molar-refractivity contribution in [1.82, 2.24) is 4.31 Å². The van der Waals surface area contributed by atoms with Crippen LogP contribution in [0.15, 0.2) is 29.2 Å². The Kier molecular flexibility index (Phi) is 3.98. The Balaban J connectivity index is 1.95. The highest BCUT2D eigenvalue weighted by atomic mass is 32.2. The predicted molar refractivity (Wildman–Crippen MR) is 85.4 cm³/mol. The van der Waals surface area contributed by atoms with Gasteiger partial charge >= 0.3 is 0 Å². The van der Waals surface area contributed by atoms with Crippen LogP contribution in [0, 0.1) is 0 Å². The van der Waals surface area contributed by atoms with Crippen molar-refractivity contribution in [3.63, 3.8) is 0 Å². The molecule has 2 fully saturated rings. The van der Waals surface area contributed by atoms with E-state index >= 15 is 0 Å². The molecular formula is C16H22N2O4S. The van der Waals surface area contributed by atoms with E-state index in [-0.39, 0.29) is 17.0 Å². The zero-order valence-electron chi connectivity index (χ0n) is 13.4. The van der Waals surface area contributed by atoms with E-state index in [1.54, 1.807) is 4.31 Å². The number of primary amides is 1. The summed E-state index contributed by atoms with van der Waals surface area (Å²) in [5.74, 6) is -0.572. The first kappa shape index (κ1) is 16.4. The first-order valence-corrected chi connectivity index (χ1v) is 9.24. The third-order valence-electron chi connectivity index (χ3n) is 4.54. The minimum absolute atomic E-state index is 0.0431. The van der Waals surface area contributed by atoms with Crippen LogP contribution in [0.1, 0.15) is 43.5 Å². The lowest BCUT2D eigenvalue weighted by Crippen LogP contribution is -2.58. The van der Waals surface area contributed by atoms with Crippen molar-refractivity contribution in [1.29, 1.82) is 0 Å². The second-order valence-electron chi connectivity index (χ2n) is 6.85. The smallest absolute Gasteiger partial charge is 0.248 e. The van der Waals surface area contributed by atoms with Crippen molar-refractivity contribution in [3.05, 3.63) is 29.8 Å². The van der Waals surface area contributed by atoms with Crippen LogP contribution < -0.4 is 5.73 Å². The van der Waals surface area contributed by atoms with Gasteiger partial charge in [-0.25, -0.2) is 8.42 Å². The van der Waals surface area contributed by atoms with E-state index in [0.717, 1.165) is 19.3 Å². The van der Waals surface area contributed by atoms with Crippen molar-refractivity contribution in [2.24, 2.45) is 5.73 Å². The molecule has 0 radical (unpaired) electrons. The maximum Gasteiger partial charge on any atom is 0.248 e. The van der Waals surface area contributed by atoms with Gasteiger partial charge in [-0.1, -0.05) is 0 Å². The van der Waals surface area contributed by atoms with Gasteiger partial charge < -0.3 is 10.5 Å². The number of rotatable bonds is 3. The number of benzene rings is 1. The molecule has 6 nitrogen and oxygen atoms in total. The number of carbonyl (C=O) groups is 1. The van der Waals surface area contributed by atoms with Gasteiger partial charge in [-0.3, -0.25) is 4.79 Å². The van der Waals surface area contributed by atoms with Crippen LogP contribution in [0.3, 0.4) is 0 Å². The summed E-state index contributed by atoms with van der Waals surface area (Å²) in [5, 5.41) is 0. The summed E-state index contributed by atoms with van der Waals surface area (Å²) in [6.45, 7) is 4.16. The second-order valence-corrected chi connectivity index (χ2v) is 8.74. The van der Waals surface area contributed by atoms with Crippen LogP contribution in [0.2, 0.25) is 0 Å². The molecule has 1 aliphatic heterocycles. The minimum Gasteiger partial charge on any atom is -0.369 e. The van der Waals surface area contributed by atoms with Gasteiger partial charge in [0.05, 0.1) is 22.6 Å². The molecule has 1 amide bonds. The van der Waals surface area contributed by atoms with E-state index in [1.807, 2.05) is 13.8 Å². The first-order valence-electron chi connectivity index (χ1n) is 7.80. The van der Waals surface area contributed by atoms with Crippen LogP contribution >= 0.6 is 0 Å². The Morgan fingerprint density at radius 2 is 1.91 bits per heavy atom. The van der Waals surface area contributed by atoms with Crippen LogP contribution in [0.4, 0.5) is 0 Å². The van der Waals surface area contributed by atoms with E-state index in [1.165, 1.54) is 24.3 Å². The Morgan fingerprint density at radius 3 is 2.52 bits per heavy atom. The van der Waals surface area contributed by atoms with E-state index < -0.39 is 21.5 Å². The maximum atomic E-state index is 13.1. The molecule has 2 N–H and O–H groups in total. The summed E-state index contributed by atoms with van der Waals surface area (Å²) in [6.07, 6.45) is 2.64. The molecule has 0 spiro atoms. The number of carbonyl (C=O) groups excluding carboxylic acids is 1. The summed E-state index contributed by atoms with van der Waals surface area (Å²) in [7, 11) is -3.63. The number of hydrogen-bond acceptors (Lipinski definition) is 4. The third kappa shape index (κ3) is 3.00. The average molecular weight is 338 g/mol. The molecular weight excluding hydrogens is 316 g/mol. The second kappa shape index (κ2) is 5.58. The van der Waals surface area contributed by atoms with E-state index in [4.69, 9.17) is 10.5 Å².